The lowest BCUT2D eigenvalue weighted by Crippen LogP contribution is -2.28. The van der Waals surface area contributed by atoms with Crippen LogP contribution in [0, 0.1) is 17.3 Å². The summed E-state index contributed by atoms with van der Waals surface area (Å²) in [6, 6.07) is 9.58. The number of rotatable bonds is 12. The van der Waals surface area contributed by atoms with Crippen LogP contribution in [0.3, 0.4) is 0 Å². The maximum absolute atomic E-state index is 11.8. The van der Waals surface area contributed by atoms with E-state index >= 15 is 0 Å². The number of aryl methyl sites for hydroxylation is 1. The summed E-state index contributed by atoms with van der Waals surface area (Å²) in [5.41, 5.74) is 3.02. The van der Waals surface area contributed by atoms with Crippen molar-refractivity contribution in [3.8, 4) is 0 Å². The van der Waals surface area contributed by atoms with Crippen molar-refractivity contribution < 1.29 is 4.79 Å². The van der Waals surface area contributed by atoms with E-state index in [0.717, 1.165) is 31.1 Å². The second-order valence-electron chi connectivity index (χ2n) is 11.0. The molecule has 31 heavy (non-hydrogen) atoms. The Hall–Kier alpha value is -1.11. The minimum Gasteiger partial charge on any atom is -0.303 e. The van der Waals surface area contributed by atoms with Crippen LogP contribution in [0.4, 0.5) is 0 Å². The van der Waals surface area contributed by atoms with Gasteiger partial charge in [-0.2, -0.15) is 0 Å². The third-order valence-electron chi connectivity index (χ3n) is 8.73. The van der Waals surface area contributed by atoms with E-state index in [9.17, 15) is 4.79 Å². The molecule has 1 aromatic carbocycles. The highest BCUT2D eigenvalue weighted by Crippen LogP contribution is 2.45. The number of aldehydes is 1. The monoisotopic (exact) mass is 424 g/mol. The van der Waals surface area contributed by atoms with Gasteiger partial charge >= 0.3 is 0 Å². The van der Waals surface area contributed by atoms with Gasteiger partial charge in [0.2, 0.25) is 0 Å². The highest BCUT2D eigenvalue weighted by atomic mass is 16.1. The zero-order valence-corrected chi connectivity index (χ0v) is 20.5. The van der Waals surface area contributed by atoms with Crippen molar-refractivity contribution in [2.24, 2.45) is 17.3 Å². The van der Waals surface area contributed by atoms with Crippen molar-refractivity contribution >= 4 is 6.29 Å². The maximum Gasteiger partial charge on any atom is 0.126 e. The first kappa shape index (κ1) is 24.5. The highest BCUT2D eigenvalue weighted by Gasteiger charge is 2.35. The molecule has 0 atom stereocenters. The minimum atomic E-state index is -0.0127. The lowest BCUT2D eigenvalue weighted by Gasteiger charge is -2.36. The lowest BCUT2D eigenvalue weighted by atomic mass is 9.67. The molecule has 0 radical (unpaired) electrons. The summed E-state index contributed by atoms with van der Waals surface area (Å²) in [6.07, 6.45) is 23.5. The molecule has 1 heteroatoms. The minimum absolute atomic E-state index is 0.0127. The van der Waals surface area contributed by atoms with Gasteiger partial charge in [-0.1, -0.05) is 102 Å². The van der Waals surface area contributed by atoms with Crippen LogP contribution in [0.2, 0.25) is 0 Å². The predicted octanol–water partition coefficient (Wildman–Crippen LogP) is 9.04. The van der Waals surface area contributed by atoms with Crippen molar-refractivity contribution in [3.63, 3.8) is 0 Å². The molecule has 0 unspecified atom stereocenters. The first-order valence-corrected chi connectivity index (χ1v) is 13.7. The Labute approximate surface area is 192 Å². The maximum atomic E-state index is 11.8. The smallest absolute Gasteiger partial charge is 0.126 e. The van der Waals surface area contributed by atoms with Crippen LogP contribution in [-0.4, -0.2) is 6.29 Å². The SMILES string of the molecule is CCCCCC1(C=O)CCC(c2ccc(CCC3CCC(CCCC)CC3)cc2)CC1. The van der Waals surface area contributed by atoms with Crippen LogP contribution in [-0.2, 0) is 11.2 Å². The van der Waals surface area contributed by atoms with Gasteiger partial charge in [-0.05, 0) is 73.8 Å². The van der Waals surface area contributed by atoms with E-state index in [0.29, 0.717) is 5.92 Å². The molecule has 2 saturated carbocycles. The van der Waals surface area contributed by atoms with E-state index in [1.165, 1.54) is 107 Å². The average molecular weight is 425 g/mol. The van der Waals surface area contributed by atoms with Crippen molar-refractivity contribution in [1.82, 2.24) is 0 Å². The summed E-state index contributed by atoms with van der Waals surface area (Å²) in [4.78, 5) is 11.8. The number of hydrogen-bond donors (Lipinski definition) is 0. The molecule has 0 spiro atoms. The van der Waals surface area contributed by atoms with E-state index in [4.69, 9.17) is 0 Å². The molecular weight excluding hydrogens is 376 g/mol. The molecule has 1 nitrogen and oxygen atoms in total. The lowest BCUT2D eigenvalue weighted by molar-refractivity contribution is -0.118. The van der Waals surface area contributed by atoms with Crippen molar-refractivity contribution in [1.29, 1.82) is 0 Å². The summed E-state index contributed by atoms with van der Waals surface area (Å²) >= 11 is 0. The summed E-state index contributed by atoms with van der Waals surface area (Å²) in [5.74, 6) is 2.64. The summed E-state index contributed by atoms with van der Waals surface area (Å²) < 4.78 is 0. The molecule has 3 rings (SSSR count). The fourth-order valence-electron chi connectivity index (χ4n) is 6.31. The molecule has 0 heterocycles. The number of carbonyl (C=O) groups excluding carboxylic acids is 1. The molecular formula is C30H48O. The van der Waals surface area contributed by atoms with Crippen molar-refractivity contribution in [2.45, 2.75) is 129 Å². The first-order valence-electron chi connectivity index (χ1n) is 13.7. The van der Waals surface area contributed by atoms with E-state index in [1.54, 1.807) is 0 Å². The van der Waals surface area contributed by atoms with Gasteiger partial charge in [-0.15, -0.1) is 0 Å². The van der Waals surface area contributed by atoms with Crippen LogP contribution in [0.1, 0.15) is 134 Å². The van der Waals surface area contributed by atoms with Gasteiger partial charge in [0, 0.05) is 5.41 Å². The second-order valence-corrected chi connectivity index (χ2v) is 11.0. The molecule has 0 amide bonds. The Morgan fingerprint density at radius 1 is 0.806 bits per heavy atom. The predicted molar refractivity (Wildman–Crippen MR) is 134 cm³/mol. The van der Waals surface area contributed by atoms with Gasteiger partial charge in [0.15, 0.2) is 0 Å². The average Bonchev–Trinajstić information content (AvgIpc) is 2.83. The molecule has 0 bridgehead atoms. The van der Waals surface area contributed by atoms with Crippen LogP contribution < -0.4 is 0 Å². The molecule has 0 aliphatic heterocycles. The molecule has 1 aromatic rings. The van der Waals surface area contributed by atoms with Gasteiger partial charge in [-0.25, -0.2) is 0 Å². The molecule has 174 valence electrons. The number of hydrogen-bond acceptors (Lipinski definition) is 1. The number of carbonyl (C=O) groups is 1. The molecule has 2 fully saturated rings. The Kier molecular flexibility index (Phi) is 10.1. The fraction of sp³-hybridized carbons (Fsp3) is 0.767. The Morgan fingerprint density at radius 3 is 2.00 bits per heavy atom. The zero-order chi connectivity index (χ0) is 21.9. The van der Waals surface area contributed by atoms with Crippen LogP contribution in [0.5, 0.6) is 0 Å². The van der Waals surface area contributed by atoms with Crippen molar-refractivity contribution in [3.05, 3.63) is 35.4 Å². The third-order valence-corrected chi connectivity index (χ3v) is 8.73. The Morgan fingerprint density at radius 2 is 1.42 bits per heavy atom. The molecule has 0 saturated heterocycles. The number of benzene rings is 1. The molecule has 2 aliphatic carbocycles. The largest absolute Gasteiger partial charge is 0.303 e. The molecule has 0 N–H and O–H groups in total. The zero-order valence-electron chi connectivity index (χ0n) is 20.5. The second kappa shape index (κ2) is 12.8. The van der Waals surface area contributed by atoms with E-state index in [1.807, 2.05) is 0 Å². The Balaban J connectivity index is 1.40. The highest BCUT2D eigenvalue weighted by molar-refractivity contribution is 5.59. The first-order chi connectivity index (χ1) is 15.2. The topological polar surface area (TPSA) is 17.1 Å². The van der Waals surface area contributed by atoms with Crippen LogP contribution in [0.15, 0.2) is 24.3 Å². The van der Waals surface area contributed by atoms with E-state index in [2.05, 4.69) is 38.1 Å². The van der Waals surface area contributed by atoms with Crippen molar-refractivity contribution in [2.75, 3.05) is 0 Å². The van der Waals surface area contributed by atoms with Crippen LogP contribution >= 0.6 is 0 Å². The van der Waals surface area contributed by atoms with Gasteiger partial charge in [0.1, 0.15) is 6.29 Å². The standard InChI is InChI=1S/C30H48O/c1-3-5-7-21-30(24-31)22-19-29(20-23-30)28-17-15-27(16-18-28)14-13-26-11-9-25(10-12-26)8-6-4-2/h15-18,24-26,29H,3-14,19-23H2,1-2H3. The van der Waals surface area contributed by atoms with Gasteiger partial charge in [0.25, 0.3) is 0 Å². The van der Waals surface area contributed by atoms with E-state index < -0.39 is 0 Å². The molecule has 2 aliphatic rings. The van der Waals surface area contributed by atoms with Crippen LogP contribution in [0.25, 0.3) is 0 Å². The fourth-order valence-corrected chi connectivity index (χ4v) is 6.31. The quantitative estimate of drug-likeness (QED) is 0.241. The van der Waals surface area contributed by atoms with E-state index in [-0.39, 0.29) is 5.41 Å². The summed E-state index contributed by atoms with van der Waals surface area (Å²) in [7, 11) is 0. The number of unbranched alkanes of at least 4 members (excludes halogenated alkanes) is 3. The summed E-state index contributed by atoms with van der Waals surface area (Å²) in [6.45, 7) is 4.56. The normalized spacial score (nSPS) is 29.0. The Bertz CT molecular complexity index is 614. The van der Waals surface area contributed by atoms with Gasteiger partial charge in [-0.3, -0.25) is 0 Å². The van der Waals surface area contributed by atoms with Gasteiger partial charge < -0.3 is 4.79 Å². The molecule has 0 aromatic heterocycles. The summed E-state index contributed by atoms with van der Waals surface area (Å²) in [5, 5.41) is 0. The third kappa shape index (κ3) is 7.47. The van der Waals surface area contributed by atoms with Gasteiger partial charge in [0.05, 0.1) is 0 Å².